The lowest BCUT2D eigenvalue weighted by Crippen LogP contribution is -2.29. The van der Waals surface area contributed by atoms with E-state index in [0.29, 0.717) is 5.82 Å². The van der Waals surface area contributed by atoms with Crippen LogP contribution in [0.3, 0.4) is 0 Å². The Morgan fingerprint density at radius 2 is 2.06 bits per heavy atom. The molecule has 4 nitrogen and oxygen atoms in total. The maximum absolute atomic E-state index is 5.77. The largest absolute Gasteiger partial charge is 0.384 e. The van der Waals surface area contributed by atoms with Gasteiger partial charge in [0.05, 0.1) is 6.54 Å². The summed E-state index contributed by atoms with van der Waals surface area (Å²) in [5.41, 5.74) is 6.74. The highest BCUT2D eigenvalue weighted by Gasteiger charge is 2.33. The molecule has 17 heavy (non-hydrogen) atoms. The number of nitrogens with zero attached hydrogens (tertiary/aromatic N) is 3. The molecule has 2 saturated carbocycles. The van der Waals surface area contributed by atoms with Gasteiger partial charge in [0.2, 0.25) is 0 Å². The molecule has 2 aliphatic rings. The normalized spacial score (nSPS) is 19.9. The van der Waals surface area contributed by atoms with Crippen LogP contribution in [0.4, 0.5) is 5.82 Å². The van der Waals surface area contributed by atoms with Crippen LogP contribution in [0.25, 0.3) is 0 Å². The third-order valence-electron chi connectivity index (χ3n) is 3.52. The standard InChI is InChI=1S/C13H20N4/c1-9-6-12(14)16-13(15-9)8-17(11-4-5-11)7-10-2-3-10/h6,10-11H,2-5,7-8H2,1H3,(H2,14,15,16). The molecule has 0 atom stereocenters. The highest BCUT2D eigenvalue weighted by Crippen LogP contribution is 2.35. The Labute approximate surface area is 102 Å². The fourth-order valence-corrected chi connectivity index (χ4v) is 2.32. The van der Waals surface area contributed by atoms with Crippen LogP contribution in [0.1, 0.15) is 37.2 Å². The van der Waals surface area contributed by atoms with E-state index in [2.05, 4.69) is 14.9 Å². The lowest BCUT2D eigenvalue weighted by Gasteiger charge is -2.21. The lowest BCUT2D eigenvalue weighted by molar-refractivity contribution is 0.238. The van der Waals surface area contributed by atoms with Crippen molar-refractivity contribution in [3.05, 3.63) is 17.6 Å². The molecule has 3 rings (SSSR count). The summed E-state index contributed by atoms with van der Waals surface area (Å²) in [7, 11) is 0. The fourth-order valence-electron chi connectivity index (χ4n) is 2.32. The molecule has 0 aromatic carbocycles. The molecule has 1 aromatic rings. The average molecular weight is 232 g/mol. The SMILES string of the molecule is Cc1cc(N)nc(CN(CC2CC2)C2CC2)n1. The molecule has 0 amide bonds. The van der Waals surface area contributed by atoms with E-state index in [4.69, 9.17) is 5.73 Å². The third-order valence-corrected chi connectivity index (χ3v) is 3.52. The van der Waals surface area contributed by atoms with Gasteiger partial charge in [-0.1, -0.05) is 0 Å². The van der Waals surface area contributed by atoms with Crippen LogP contribution in [0.2, 0.25) is 0 Å². The van der Waals surface area contributed by atoms with Gasteiger partial charge in [-0.05, 0) is 38.5 Å². The Morgan fingerprint density at radius 1 is 1.29 bits per heavy atom. The number of hydrogen-bond donors (Lipinski definition) is 1. The second-order valence-electron chi connectivity index (χ2n) is 5.45. The minimum absolute atomic E-state index is 0.592. The van der Waals surface area contributed by atoms with Crippen molar-refractivity contribution >= 4 is 5.82 Å². The van der Waals surface area contributed by atoms with Crippen molar-refractivity contribution in [1.82, 2.24) is 14.9 Å². The molecule has 2 aliphatic carbocycles. The van der Waals surface area contributed by atoms with E-state index in [1.165, 1.54) is 32.2 Å². The van der Waals surface area contributed by atoms with Crippen LogP contribution in [-0.4, -0.2) is 27.5 Å². The Kier molecular flexibility index (Phi) is 2.74. The number of rotatable bonds is 5. The predicted molar refractivity (Wildman–Crippen MR) is 67.3 cm³/mol. The maximum atomic E-state index is 5.77. The molecule has 0 radical (unpaired) electrons. The summed E-state index contributed by atoms with van der Waals surface area (Å²) in [4.78, 5) is 11.4. The Bertz CT molecular complexity index is 390. The minimum atomic E-state index is 0.592. The van der Waals surface area contributed by atoms with E-state index in [-0.39, 0.29) is 0 Å². The van der Waals surface area contributed by atoms with Gasteiger partial charge in [-0.15, -0.1) is 0 Å². The quantitative estimate of drug-likeness (QED) is 0.840. The van der Waals surface area contributed by atoms with Crippen molar-refractivity contribution in [1.29, 1.82) is 0 Å². The first-order chi connectivity index (χ1) is 8.20. The highest BCUT2D eigenvalue weighted by molar-refractivity contribution is 5.29. The van der Waals surface area contributed by atoms with Crippen molar-refractivity contribution in [3.63, 3.8) is 0 Å². The number of anilines is 1. The second kappa shape index (κ2) is 4.26. The summed E-state index contributed by atoms with van der Waals surface area (Å²) in [5, 5.41) is 0. The van der Waals surface area contributed by atoms with Gasteiger partial charge in [-0.25, -0.2) is 9.97 Å². The summed E-state index contributed by atoms with van der Waals surface area (Å²) in [6, 6.07) is 2.60. The van der Waals surface area contributed by atoms with Gasteiger partial charge in [0.15, 0.2) is 0 Å². The highest BCUT2D eigenvalue weighted by atomic mass is 15.2. The van der Waals surface area contributed by atoms with Crippen LogP contribution in [0.15, 0.2) is 6.07 Å². The molecule has 0 bridgehead atoms. The number of nitrogens with two attached hydrogens (primary N) is 1. The zero-order chi connectivity index (χ0) is 11.8. The fraction of sp³-hybridized carbons (Fsp3) is 0.692. The molecule has 0 unspecified atom stereocenters. The summed E-state index contributed by atoms with van der Waals surface area (Å²) in [5.74, 6) is 2.41. The van der Waals surface area contributed by atoms with E-state index >= 15 is 0 Å². The van der Waals surface area contributed by atoms with Crippen molar-refractivity contribution < 1.29 is 0 Å². The van der Waals surface area contributed by atoms with Crippen LogP contribution >= 0.6 is 0 Å². The second-order valence-corrected chi connectivity index (χ2v) is 5.45. The van der Waals surface area contributed by atoms with Crippen LogP contribution in [0, 0.1) is 12.8 Å². The Hall–Kier alpha value is -1.16. The average Bonchev–Trinajstić information content (AvgIpc) is 3.11. The maximum Gasteiger partial charge on any atom is 0.144 e. The smallest absolute Gasteiger partial charge is 0.144 e. The van der Waals surface area contributed by atoms with Gasteiger partial charge in [0.1, 0.15) is 11.6 Å². The van der Waals surface area contributed by atoms with E-state index < -0.39 is 0 Å². The summed E-state index contributed by atoms with van der Waals surface area (Å²) in [6.45, 7) is 4.07. The Morgan fingerprint density at radius 3 is 2.65 bits per heavy atom. The molecule has 0 aliphatic heterocycles. The summed E-state index contributed by atoms with van der Waals surface area (Å²) in [6.07, 6.45) is 5.49. The van der Waals surface area contributed by atoms with Crippen LogP contribution in [-0.2, 0) is 6.54 Å². The number of aryl methyl sites for hydroxylation is 1. The van der Waals surface area contributed by atoms with Gasteiger partial charge in [0, 0.05) is 24.3 Å². The third kappa shape index (κ3) is 2.94. The summed E-state index contributed by atoms with van der Waals surface area (Å²) >= 11 is 0. The molecule has 92 valence electrons. The van der Waals surface area contributed by atoms with Crippen LogP contribution < -0.4 is 5.73 Å². The lowest BCUT2D eigenvalue weighted by atomic mass is 10.3. The van der Waals surface area contributed by atoms with Gasteiger partial charge in [-0.3, -0.25) is 4.90 Å². The topological polar surface area (TPSA) is 55.0 Å². The van der Waals surface area contributed by atoms with E-state index in [0.717, 1.165) is 30.0 Å². The zero-order valence-corrected chi connectivity index (χ0v) is 10.4. The molecule has 0 spiro atoms. The monoisotopic (exact) mass is 232 g/mol. The number of hydrogen-bond acceptors (Lipinski definition) is 4. The molecule has 1 aromatic heterocycles. The first kappa shape index (κ1) is 11.0. The van der Waals surface area contributed by atoms with Gasteiger partial charge < -0.3 is 5.73 Å². The molecule has 2 N–H and O–H groups in total. The van der Waals surface area contributed by atoms with Gasteiger partial charge in [0.25, 0.3) is 0 Å². The molecule has 4 heteroatoms. The molecular formula is C13H20N4. The Balaban J connectivity index is 1.69. The minimum Gasteiger partial charge on any atom is -0.384 e. The molecular weight excluding hydrogens is 212 g/mol. The predicted octanol–water partition coefficient (Wildman–Crippen LogP) is 1.74. The number of nitrogen functional groups attached to an aromatic ring is 1. The van der Waals surface area contributed by atoms with Crippen molar-refractivity contribution in [2.45, 2.75) is 45.2 Å². The van der Waals surface area contributed by atoms with Crippen LogP contribution in [0.5, 0.6) is 0 Å². The van der Waals surface area contributed by atoms with Crippen molar-refractivity contribution in [2.24, 2.45) is 5.92 Å². The molecule has 1 heterocycles. The van der Waals surface area contributed by atoms with Crippen molar-refractivity contribution in [2.75, 3.05) is 12.3 Å². The molecule has 0 saturated heterocycles. The van der Waals surface area contributed by atoms with Gasteiger partial charge >= 0.3 is 0 Å². The zero-order valence-electron chi connectivity index (χ0n) is 10.4. The first-order valence-electron chi connectivity index (χ1n) is 6.55. The summed E-state index contributed by atoms with van der Waals surface area (Å²) < 4.78 is 0. The van der Waals surface area contributed by atoms with Crippen molar-refractivity contribution in [3.8, 4) is 0 Å². The first-order valence-corrected chi connectivity index (χ1v) is 6.55. The van der Waals surface area contributed by atoms with Gasteiger partial charge in [-0.2, -0.15) is 0 Å². The van der Waals surface area contributed by atoms with E-state index in [1.807, 2.05) is 13.0 Å². The molecule has 2 fully saturated rings. The van der Waals surface area contributed by atoms with E-state index in [1.54, 1.807) is 0 Å². The number of aromatic nitrogens is 2. The van der Waals surface area contributed by atoms with E-state index in [9.17, 15) is 0 Å².